The molecule has 0 spiro atoms. The third-order valence-electron chi connectivity index (χ3n) is 5.27. The first-order valence-corrected chi connectivity index (χ1v) is 10.5. The molecule has 1 aromatic carbocycles. The molecule has 1 aliphatic heterocycles. The highest BCUT2D eigenvalue weighted by Crippen LogP contribution is 2.45. The van der Waals surface area contributed by atoms with E-state index in [9.17, 15) is 28.0 Å². The van der Waals surface area contributed by atoms with Crippen LogP contribution in [0.5, 0.6) is 0 Å². The van der Waals surface area contributed by atoms with Crippen LogP contribution in [0.1, 0.15) is 23.0 Å². The molecule has 182 valence electrons. The number of carbonyl (C=O) groups is 2. The lowest BCUT2D eigenvalue weighted by Gasteiger charge is -2.31. The zero-order valence-electron chi connectivity index (χ0n) is 18.2. The third-order valence-corrected chi connectivity index (χ3v) is 5.59. The van der Waals surface area contributed by atoms with Crippen molar-refractivity contribution in [3.8, 4) is 6.07 Å². The molecule has 0 bridgehead atoms. The van der Waals surface area contributed by atoms with Crippen LogP contribution in [-0.2, 0) is 15.2 Å². The van der Waals surface area contributed by atoms with Crippen LogP contribution in [-0.4, -0.2) is 52.3 Å². The van der Waals surface area contributed by atoms with E-state index in [1.165, 1.54) is 37.4 Å². The molecular weight excluding hydrogens is 491 g/mol. The number of nitriles is 1. The molecule has 3 N–H and O–H groups in total. The molecule has 0 saturated heterocycles. The summed E-state index contributed by atoms with van der Waals surface area (Å²) in [6.45, 7) is 2.10. The number of hydrogen-bond donors (Lipinski definition) is 3. The van der Waals surface area contributed by atoms with Gasteiger partial charge in [0.1, 0.15) is 23.1 Å². The topological polar surface area (TPSA) is 134 Å². The van der Waals surface area contributed by atoms with Gasteiger partial charge < -0.3 is 15.4 Å². The maximum atomic E-state index is 14.6. The normalized spacial score (nSPS) is 18.0. The number of ether oxygens (including phenoxy) is 1. The fourth-order valence-electron chi connectivity index (χ4n) is 3.80. The lowest BCUT2D eigenvalue weighted by molar-refractivity contribution is -0.213. The average Bonchev–Trinajstić information content (AvgIpc) is 3.27. The zero-order chi connectivity index (χ0) is 25.5. The van der Waals surface area contributed by atoms with Crippen molar-refractivity contribution in [1.29, 1.82) is 5.26 Å². The van der Waals surface area contributed by atoms with Gasteiger partial charge in [-0.15, -0.1) is 0 Å². The Morgan fingerprint density at radius 3 is 2.74 bits per heavy atom. The van der Waals surface area contributed by atoms with Crippen molar-refractivity contribution >= 4 is 46.2 Å². The van der Waals surface area contributed by atoms with Crippen molar-refractivity contribution in [2.75, 3.05) is 24.4 Å². The van der Waals surface area contributed by atoms with Gasteiger partial charge in [-0.25, -0.2) is 9.97 Å². The summed E-state index contributed by atoms with van der Waals surface area (Å²) in [4.78, 5) is 33.7. The summed E-state index contributed by atoms with van der Waals surface area (Å²) in [5.41, 5.74) is -4.48. The standard InChI is InChI=1S/C21H17ClF3N7O3/c1-10(9-35-2)27-15-5-3-4-13(28-15)17(33)31-20(21(23,24)25)18(34)30-19-29-16-11(8-26)12(22)6-7-14(16)32(19)20/h3-7,10H,9H2,1-2H3,(H,27,28)(H,31,33)(H,29,30,34)/t10-,20?/m0/s1. The second kappa shape index (κ2) is 8.71. The van der Waals surface area contributed by atoms with Crippen LogP contribution in [0, 0.1) is 11.3 Å². The summed E-state index contributed by atoms with van der Waals surface area (Å²) < 4.78 is 49.2. The molecule has 35 heavy (non-hydrogen) atoms. The fraction of sp³-hybridized carbons (Fsp3) is 0.286. The number of alkyl halides is 3. The first kappa shape index (κ1) is 24.2. The van der Waals surface area contributed by atoms with Crippen molar-refractivity contribution in [3.05, 3.63) is 46.6 Å². The largest absolute Gasteiger partial charge is 0.440 e. The number of carbonyl (C=O) groups excluding carboxylic acids is 2. The Morgan fingerprint density at radius 1 is 1.34 bits per heavy atom. The van der Waals surface area contributed by atoms with Crippen molar-refractivity contribution < 1.29 is 27.5 Å². The minimum Gasteiger partial charge on any atom is -0.383 e. The number of nitrogens with zero attached hydrogens (tertiary/aromatic N) is 4. The lowest BCUT2D eigenvalue weighted by Crippen LogP contribution is -2.63. The Morgan fingerprint density at radius 2 is 2.09 bits per heavy atom. The number of anilines is 2. The van der Waals surface area contributed by atoms with Gasteiger partial charge in [0.25, 0.3) is 17.5 Å². The van der Waals surface area contributed by atoms with Crippen LogP contribution >= 0.6 is 11.6 Å². The lowest BCUT2D eigenvalue weighted by atomic mass is 10.1. The van der Waals surface area contributed by atoms with Crippen molar-refractivity contribution in [2.24, 2.45) is 0 Å². The van der Waals surface area contributed by atoms with Gasteiger partial charge >= 0.3 is 6.18 Å². The first-order valence-electron chi connectivity index (χ1n) is 10.1. The number of nitrogens with one attached hydrogen (secondary N) is 3. The summed E-state index contributed by atoms with van der Waals surface area (Å²) in [5, 5.41) is 16.2. The van der Waals surface area contributed by atoms with Gasteiger partial charge in [0.2, 0.25) is 5.95 Å². The monoisotopic (exact) mass is 507 g/mol. The molecule has 2 aromatic heterocycles. The van der Waals surface area contributed by atoms with Crippen LogP contribution in [0.15, 0.2) is 30.3 Å². The molecule has 10 nitrogen and oxygen atoms in total. The van der Waals surface area contributed by atoms with E-state index in [2.05, 4.69) is 15.3 Å². The maximum Gasteiger partial charge on any atom is 0.440 e. The first-order chi connectivity index (χ1) is 16.5. The number of amides is 2. The number of aromatic nitrogens is 3. The predicted octanol–water partition coefficient (Wildman–Crippen LogP) is 3.00. The van der Waals surface area contributed by atoms with Gasteiger partial charge in [0, 0.05) is 13.2 Å². The molecule has 4 rings (SSSR count). The molecule has 2 amide bonds. The molecule has 0 saturated carbocycles. The fourth-order valence-corrected chi connectivity index (χ4v) is 3.99. The van der Waals surface area contributed by atoms with Crippen molar-refractivity contribution in [1.82, 2.24) is 19.9 Å². The summed E-state index contributed by atoms with van der Waals surface area (Å²) in [6.07, 6.45) is -5.30. The van der Waals surface area contributed by atoms with Gasteiger partial charge in [0.15, 0.2) is 0 Å². The quantitative estimate of drug-likeness (QED) is 0.467. The van der Waals surface area contributed by atoms with Gasteiger partial charge in [-0.3, -0.25) is 19.5 Å². The van der Waals surface area contributed by atoms with Crippen LogP contribution < -0.4 is 16.0 Å². The Labute approximate surface area is 201 Å². The van der Waals surface area contributed by atoms with E-state index >= 15 is 0 Å². The van der Waals surface area contributed by atoms with Crippen LogP contribution in [0.2, 0.25) is 5.02 Å². The molecule has 0 radical (unpaired) electrons. The number of imidazole rings is 1. The summed E-state index contributed by atoms with van der Waals surface area (Å²) in [5.74, 6) is -3.11. The second-order valence-electron chi connectivity index (χ2n) is 7.70. The number of fused-ring (bicyclic) bond motifs is 3. The Kier molecular flexibility index (Phi) is 6.04. The number of methoxy groups -OCH3 is 1. The second-order valence-corrected chi connectivity index (χ2v) is 8.11. The zero-order valence-corrected chi connectivity index (χ0v) is 19.0. The average molecular weight is 508 g/mol. The van der Waals surface area contributed by atoms with Crippen LogP contribution in [0.4, 0.5) is 24.9 Å². The van der Waals surface area contributed by atoms with Gasteiger partial charge in [-0.2, -0.15) is 18.4 Å². The van der Waals surface area contributed by atoms with Gasteiger partial charge in [0.05, 0.1) is 22.7 Å². The van der Waals surface area contributed by atoms with Gasteiger partial charge in [-0.05, 0) is 31.2 Å². The van der Waals surface area contributed by atoms with E-state index in [-0.39, 0.29) is 39.2 Å². The summed E-state index contributed by atoms with van der Waals surface area (Å²) >= 11 is 5.98. The highest BCUT2D eigenvalue weighted by molar-refractivity contribution is 6.32. The molecule has 3 aromatic rings. The molecular formula is C21H17ClF3N7O3. The van der Waals surface area contributed by atoms with Crippen LogP contribution in [0.25, 0.3) is 11.0 Å². The van der Waals surface area contributed by atoms with Crippen molar-refractivity contribution in [2.45, 2.75) is 24.8 Å². The number of rotatable bonds is 6. The maximum absolute atomic E-state index is 14.6. The molecule has 2 atom stereocenters. The van der Waals surface area contributed by atoms with Crippen LogP contribution in [0.3, 0.4) is 0 Å². The van der Waals surface area contributed by atoms with E-state index in [1.54, 1.807) is 18.3 Å². The summed E-state index contributed by atoms with van der Waals surface area (Å²) in [7, 11) is 1.50. The van der Waals surface area contributed by atoms with E-state index in [1.807, 2.05) is 5.32 Å². The molecule has 0 aliphatic carbocycles. The minimum absolute atomic E-state index is 0.0269. The number of pyridine rings is 1. The summed E-state index contributed by atoms with van der Waals surface area (Å²) in [6, 6.07) is 8.14. The Bertz CT molecular complexity index is 1380. The number of halogens is 4. The molecule has 0 fully saturated rings. The Hall–Kier alpha value is -3.89. The van der Waals surface area contributed by atoms with Gasteiger partial charge in [-0.1, -0.05) is 17.7 Å². The highest BCUT2D eigenvalue weighted by atomic mass is 35.5. The molecule has 1 unspecified atom stereocenters. The molecule has 14 heteroatoms. The van der Waals surface area contributed by atoms with E-state index in [0.717, 1.165) is 0 Å². The smallest absolute Gasteiger partial charge is 0.383 e. The minimum atomic E-state index is -5.30. The van der Waals surface area contributed by atoms with E-state index < -0.39 is 29.6 Å². The number of benzene rings is 1. The Balaban J connectivity index is 1.80. The third kappa shape index (κ3) is 3.90. The highest BCUT2D eigenvalue weighted by Gasteiger charge is 2.68. The van der Waals surface area contributed by atoms with E-state index in [4.69, 9.17) is 16.3 Å². The molecule has 3 heterocycles. The van der Waals surface area contributed by atoms with E-state index in [0.29, 0.717) is 11.2 Å². The number of hydrogen-bond acceptors (Lipinski definition) is 7. The SMILES string of the molecule is COC[C@H](C)Nc1cccc(C(=O)NC2(C(F)(F)F)C(=O)Nc3nc4c(C#N)c(Cl)ccc4n32)n1. The predicted molar refractivity (Wildman–Crippen MR) is 119 cm³/mol. The molecule has 1 aliphatic rings. The van der Waals surface area contributed by atoms with Crippen molar-refractivity contribution in [3.63, 3.8) is 0 Å².